The predicted molar refractivity (Wildman–Crippen MR) is 87.7 cm³/mol. The number of hydrogen-bond acceptors (Lipinski definition) is 1. The zero-order chi connectivity index (χ0) is 14.8. The van der Waals surface area contributed by atoms with E-state index in [1.54, 1.807) is 0 Å². The van der Waals surface area contributed by atoms with Crippen LogP contribution in [0.1, 0.15) is 29.5 Å². The fraction of sp³-hybridized carbons (Fsp3) is 0.263. The molecule has 1 atom stereocenters. The van der Waals surface area contributed by atoms with Crippen molar-refractivity contribution in [1.82, 2.24) is 4.57 Å². The molecule has 0 saturated heterocycles. The van der Waals surface area contributed by atoms with Gasteiger partial charge in [0.05, 0.1) is 5.52 Å². The third-order valence-electron chi connectivity index (χ3n) is 4.26. The zero-order valence-electron chi connectivity index (χ0n) is 12.6. The SMILES string of the molecule is CC(c1ccccc1)c1cn(C)c2c(CCO)cccc12. The summed E-state index contributed by atoms with van der Waals surface area (Å²) in [5, 5.41) is 10.5. The highest BCUT2D eigenvalue weighted by atomic mass is 16.2. The molecular formula is C19H21NO. The van der Waals surface area contributed by atoms with Gasteiger partial charge in [-0.3, -0.25) is 0 Å². The van der Waals surface area contributed by atoms with E-state index in [4.69, 9.17) is 0 Å². The average molecular weight is 279 g/mol. The molecule has 0 aliphatic rings. The van der Waals surface area contributed by atoms with E-state index in [2.05, 4.69) is 73.3 Å². The van der Waals surface area contributed by atoms with Crippen LogP contribution < -0.4 is 0 Å². The second kappa shape index (κ2) is 5.74. The molecule has 1 heterocycles. The van der Waals surface area contributed by atoms with Crippen molar-refractivity contribution in [3.63, 3.8) is 0 Å². The maximum absolute atomic E-state index is 9.25. The van der Waals surface area contributed by atoms with Crippen LogP contribution in [0.5, 0.6) is 0 Å². The van der Waals surface area contributed by atoms with Gasteiger partial charge in [-0.25, -0.2) is 0 Å². The predicted octanol–water partition coefficient (Wildman–Crippen LogP) is 3.86. The molecule has 0 aliphatic heterocycles. The van der Waals surface area contributed by atoms with Gasteiger partial charge in [0.2, 0.25) is 0 Å². The molecule has 1 aromatic heterocycles. The van der Waals surface area contributed by atoms with Crippen molar-refractivity contribution >= 4 is 10.9 Å². The van der Waals surface area contributed by atoms with E-state index in [-0.39, 0.29) is 6.61 Å². The van der Waals surface area contributed by atoms with Crippen molar-refractivity contribution in [2.24, 2.45) is 7.05 Å². The summed E-state index contributed by atoms with van der Waals surface area (Å²) in [5.41, 5.74) is 5.13. The van der Waals surface area contributed by atoms with Gasteiger partial charge in [0, 0.05) is 31.2 Å². The van der Waals surface area contributed by atoms with Gasteiger partial charge < -0.3 is 9.67 Å². The lowest BCUT2D eigenvalue weighted by molar-refractivity contribution is 0.300. The topological polar surface area (TPSA) is 25.2 Å². The number of benzene rings is 2. The number of fused-ring (bicyclic) bond motifs is 1. The minimum Gasteiger partial charge on any atom is -0.396 e. The van der Waals surface area contributed by atoms with E-state index in [0.29, 0.717) is 12.3 Å². The van der Waals surface area contributed by atoms with E-state index in [1.807, 2.05) is 0 Å². The van der Waals surface area contributed by atoms with E-state index in [9.17, 15) is 5.11 Å². The number of nitrogens with zero attached hydrogens (tertiary/aromatic N) is 1. The highest BCUT2D eigenvalue weighted by Gasteiger charge is 2.16. The van der Waals surface area contributed by atoms with E-state index in [1.165, 1.54) is 27.6 Å². The van der Waals surface area contributed by atoms with Gasteiger partial charge in [0.25, 0.3) is 0 Å². The fourth-order valence-electron chi connectivity index (χ4n) is 3.17. The van der Waals surface area contributed by atoms with Crippen molar-refractivity contribution in [3.05, 3.63) is 71.4 Å². The molecule has 0 amide bonds. The third kappa shape index (κ3) is 2.47. The number of rotatable bonds is 4. The van der Waals surface area contributed by atoms with Crippen molar-refractivity contribution in [2.75, 3.05) is 6.61 Å². The lowest BCUT2D eigenvalue weighted by Gasteiger charge is -2.11. The first-order valence-corrected chi connectivity index (χ1v) is 7.45. The summed E-state index contributed by atoms with van der Waals surface area (Å²) in [6.07, 6.45) is 2.93. The quantitative estimate of drug-likeness (QED) is 0.770. The Kier molecular flexibility index (Phi) is 3.80. The molecule has 0 aliphatic carbocycles. The standard InChI is InChI=1S/C19H21NO/c1-14(15-7-4-3-5-8-15)18-13-20(2)19-16(11-12-21)9-6-10-17(18)19/h3-10,13-14,21H,11-12H2,1-2H3. The summed E-state index contributed by atoms with van der Waals surface area (Å²) in [7, 11) is 2.09. The number of aliphatic hydroxyl groups is 1. The number of aliphatic hydroxyl groups excluding tert-OH is 1. The molecule has 1 N–H and O–H groups in total. The summed E-state index contributed by atoms with van der Waals surface area (Å²) in [6.45, 7) is 2.44. The maximum Gasteiger partial charge on any atom is 0.0514 e. The summed E-state index contributed by atoms with van der Waals surface area (Å²) in [6, 6.07) is 17.0. The molecule has 1 unspecified atom stereocenters. The minimum absolute atomic E-state index is 0.188. The monoisotopic (exact) mass is 279 g/mol. The highest BCUT2D eigenvalue weighted by molar-refractivity contribution is 5.87. The Morgan fingerprint density at radius 3 is 2.52 bits per heavy atom. The molecule has 2 heteroatoms. The highest BCUT2D eigenvalue weighted by Crippen LogP contribution is 2.33. The van der Waals surface area contributed by atoms with Gasteiger partial charge >= 0.3 is 0 Å². The Hall–Kier alpha value is -2.06. The van der Waals surface area contributed by atoms with Gasteiger partial charge in [0.1, 0.15) is 0 Å². The molecule has 0 bridgehead atoms. The Morgan fingerprint density at radius 1 is 1.05 bits per heavy atom. The second-order valence-corrected chi connectivity index (χ2v) is 5.61. The Labute approximate surface area is 125 Å². The van der Waals surface area contributed by atoms with Crippen LogP contribution in [0.25, 0.3) is 10.9 Å². The molecule has 108 valence electrons. The van der Waals surface area contributed by atoms with E-state index >= 15 is 0 Å². The van der Waals surface area contributed by atoms with Crippen LogP contribution in [0.15, 0.2) is 54.7 Å². The largest absolute Gasteiger partial charge is 0.396 e. The van der Waals surface area contributed by atoms with Crippen molar-refractivity contribution in [1.29, 1.82) is 0 Å². The fourth-order valence-corrected chi connectivity index (χ4v) is 3.17. The molecule has 0 radical (unpaired) electrons. The number of aromatic nitrogens is 1. The summed E-state index contributed by atoms with van der Waals surface area (Å²) in [4.78, 5) is 0. The summed E-state index contributed by atoms with van der Waals surface area (Å²) in [5.74, 6) is 0.360. The molecule has 0 spiro atoms. The second-order valence-electron chi connectivity index (χ2n) is 5.61. The Balaban J connectivity index is 2.14. The first kappa shape index (κ1) is 13.9. The van der Waals surface area contributed by atoms with Gasteiger partial charge in [-0.15, -0.1) is 0 Å². The first-order valence-electron chi connectivity index (χ1n) is 7.45. The van der Waals surface area contributed by atoms with E-state index in [0.717, 1.165) is 0 Å². The van der Waals surface area contributed by atoms with E-state index < -0.39 is 0 Å². The van der Waals surface area contributed by atoms with Crippen LogP contribution in [-0.4, -0.2) is 16.3 Å². The van der Waals surface area contributed by atoms with Crippen LogP contribution in [0.3, 0.4) is 0 Å². The normalized spacial score (nSPS) is 12.7. The van der Waals surface area contributed by atoms with Crippen LogP contribution >= 0.6 is 0 Å². The molecule has 2 aromatic carbocycles. The molecule has 3 rings (SSSR count). The van der Waals surface area contributed by atoms with Crippen LogP contribution in [0.2, 0.25) is 0 Å². The molecule has 0 fully saturated rings. The zero-order valence-corrected chi connectivity index (χ0v) is 12.6. The number of hydrogen-bond donors (Lipinski definition) is 1. The summed E-state index contributed by atoms with van der Waals surface area (Å²) >= 11 is 0. The Bertz CT molecular complexity index is 743. The van der Waals surface area contributed by atoms with Crippen molar-refractivity contribution < 1.29 is 5.11 Å². The molecule has 0 saturated carbocycles. The number of para-hydroxylation sites is 1. The molecule has 3 aromatic rings. The Morgan fingerprint density at radius 2 is 1.81 bits per heavy atom. The van der Waals surface area contributed by atoms with Crippen molar-refractivity contribution in [2.45, 2.75) is 19.3 Å². The van der Waals surface area contributed by atoms with Gasteiger partial charge in [-0.05, 0) is 23.1 Å². The van der Waals surface area contributed by atoms with Gasteiger partial charge in [0.15, 0.2) is 0 Å². The molecule has 2 nitrogen and oxygen atoms in total. The van der Waals surface area contributed by atoms with Crippen LogP contribution in [0.4, 0.5) is 0 Å². The minimum atomic E-state index is 0.188. The van der Waals surface area contributed by atoms with Crippen LogP contribution in [0, 0.1) is 0 Å². The first-order chi connectivity index (χ1) is 10.2. The molecule has 21 heavy (non-hydrogen) atoms. The smallest absolute Gasteiger partial charge is 0.0514 e. The lowest BCUT2D eigenvalue weighted by atomic mass is 9.92. The number of aryl methyl sites for hydroxylation is 1. The van der Waals surface area contributed by atoms with Gasteiger partial charge in [-0.1, -0.05) is 55.5 Å². The summed E-state index contributed by atoms with van der Waals surface area (Å²) < 4.78 is 2.19. The van der Waals surface area contributed by atoms with Crippen LogP contribution in [-0.2, 0) is 13.5 Å². The van der Waals surface area contributed by atoms with Gasteiger partial charge in [-0.2, -0.15) is 0 Å². The lowest BCUT2D eigenvalue weighted by Crippen LogP contribution is -1.95. The maximum atomic E-state index is 9.25. The van der Waals surface area contributed by atoms with Crippen molar-refractivity contribution in [3.8, 4) is 0 Å². The molecular weight excluding hydrogens is 258 g/mol. The average Bonchev–Trinajstić information content (AvgIpc) is 2.86. The third-order valence-corrected chi connectivity index (χ3v) is 4.26.